The van der Waals surface area contributed by atoms with E-state index in [1.54, 1.807) is 12.1 Å². The van der Waals surface area contributed by atoms with Crippen molar-refractivity contribution < 1.29 is 14.3 Å². The van der Waals surface area contributed by atoms with E-state index in [0.29, 0.717) is 12.0 Å². The highest BCUT2D eigenvalue weighted by atomic mass is 16.5. The Bertz CT molecular complexity index is 837. The number of carbonyl (C=O) groups is 2. The fourth-order valence-corrected chi connectivity index (χ4v) is 3.59. The number of aldehydes is 1. The molecule has 1 saturated heterocycles. The molecule has 0 bridgehead atoms. The van der Waals surface area contributed by atoms with Gasteiger partial charge in [0.25, 0.3) is 0 Å². The molecule has 0 radical (unpaired) electrons. The second kappa shape index (κ2) is 8.61. The second-order valence-electron chi connectivity index (χ2n) is 6.82. The van der Waals surface area contributed by atoms with Crippen LogP contribution >= 0.6 is 0 Å². The topological polar surface area (TPSA) is 70.4 Å². The van der Waals surface area contributed by atoms with Gasteiger partial charge in [0.1, 0.15) is 6.29 Å². The van der Waals surface area contributed by atoms with Crippen LogP contribution in [0, 0.1) is 17.2 Å². The molecule has 0 N–H and O–H groups in total. The summed E-state index contributed by atoms with van der Waals surface area (Å²) in [5, 5.41) is 8.90. The summed E-state index contributed by atoms with van der Waals surface area (Å²) in [6.45, 7) is 1.51. The van der Waals surface area contributed by atoms with E-state index in [9.17, 15) is 9.59 Å². The van der Waals surface area contributed by atoms with Crippen LogP contribution in [-0.2, 0) is 14.3 Å². The Labute approximate surface area is 159 Å². The largest absolute Gasteiger partial charge is 0.469 e. The molecule has 138 valence electrons. The van der Waals surface area contributed by atoms with Crippen LogP contribution in [0.1, 0.15) is 30.0 Å². The van der Waals surface area contributed by atoms with Gasteiger partial charge < -0.3 is 9.53 Å². The zero-order valence-corrected chi connectivity index (χ0v) is 15.3. The van der Waals surface area contributed by atoms with E-state index < -0.39 is 0 Å². The number of hydrogen-bond acceptors (Lipinski definition) is 5. The van der Waals surface area contributed by atoms with E-state index in [1.165, 1.54) is 7.11 Å². The first kappa shape index (κ1) is 18.8. The highest BCUT2D eigenvalue weighted by Gasteiger charge is 2.30. The predicted molar refractivity (Wildman–Crippen MR) is 102 cm³/mol. The molecule has 1 aliphatic rings. The summed E-state index contributed by atoms with van der Waals surface area (Å²) in [5.74, 6) is 0.0362. The molecule has 0 amide bonds. The fraction of sp³-hybridized carbons (Fsp3) is 0.318. The molecule has 0 aromatic heterocycles. The van der Waals surface area contributed by atoms with Gasteiger partial charge in [-0.15, -0.1) is 0 Å². The zero-order chi connectivity index (χ0) is 19.2. The molecule has 1 fully saturated rings. The number of carbonyl (C=O) groups excluding carboxylic acids is 2. The summed E-state index contributed by atoms with van der Waals surface area (Å²) >= 11 is 0. The molecule has 0 spiro atoms. The smallest absolute Gasteiger partial charge is 0.305 e. The fourth-order valence-electron chi connectivity index (χ4n) is 3.59. The van der Waals surface area contributed by atoms with Crippen LogP contribution in [-0.4, -0.2) is 37.4 Å². The van der Waals surface area contributed by atoms with Crippen molar-refractivity contribution >= 4 is 12.3 Å². The number of methoxy groups -OCH3 is 1. The summed E-state index contributed by atoms with van der Waals surface area (Å²) in [6, 6.07) is 17.2. The van der Waals surface area contributed by atoms with Crippen LogP contribution in [0.2, 0.25) is 0 Å². The highest BCUT2D eigenvalue weighted by Crippen LogP contribution is 2.29. The van der Waals surface area contributed by atoms with Gasteiger partial charge in [-0.2, -0.15) is 5.26 Å². The van der Waals surface area contributed by atoms with Crippen molar-refractivity contribution in [3.05, 3.63) is 59.7 Å². The van der Waals surface area contributed by atoms with Gasteiger partial charge in [-0.05, 0) is 47.7 Å². The van der Waals surface area contributed by atoms with Gasteiger partial charge in [0.15, 0.2) is 0 Å². The lowest BCUT2D eigenvalue weighted by Gasteiger charge is -2.23. The maximum absolute atomic E-state index is 11.7. The lowest BCUT2D eigenvalue weighted by molar-refractivity contribution is -0.141. The molecule has 3 rings (SSSR count). The summed E-state index contributed by atoms with van der Waals surface area (Å²) in [4.78, 5) is 25.3. The average Bonchev–Trinajstić information content (AvgIpc) is 3.17. The number of esters is 1. The molecule has 1 heterocycles. The molecular weight excluding hydrogens is 340 g/mol. The Morgan fingerprint density at radius 2 is 1.85 bits per heavy atom. The maximum Gasteiger partial charge on any atom is 0.305 e. The Morgan fingerprint density at radius 1 is 1.22 bits per heavy atom. The monoisotopic (exact) mass is 362 g/mol. The highest BCUT2D eigenvalue weighted by molar-refractivity contribution is 5.70. The van der Waals surface area contributed by atoms with E-state index in [1.807, 2.05) is 36.4 Å². The molecule has 5 nitrogen and oxygen atoms in total. The minimum absolute atomic E-state index is 0.198. The third-order valence-corrected chi connectivity index (χ3v) is 5.12. The van der Waals surface area contributed by atoms with Crippen LogP contribution in [0.15, 0.2) is 48.5 Å². The lowest BCUT2D eigenvalue weighted by atomic mass is 10.00. The number of nitrogens with zero attached hydrogens (tertiary/aromatic N) is 2. The standard InChI is InChI=1S/C22H22N2O3/c1-27-22(26)12-17-10-11-24(14-17)21(15-25)20-8-6-19(7-9-20)18-4-2-16(13-23)3-5-18/h2-9,15,17,21H,10-12,14H2,1H3. The Morgan fingerprint density at radius 3 is 2.41 bits per heavy atom. The third kappa shape index (κ3) is 4.42. The quantitative estimate of drug-likeness (QED) is 0.582. The minimum Gasteiger partial charge on any atom is -0.469 e. The molecule has 5 heteroatoms. The third-order valence-electron chi connectivity index (χ3n) is 5.12. The summed E-state index contributed by atoms with van der Waals surface area (Å²) in [7, 11) is 1.40. The minimum atomic E-state index is -0.303. The van der Waals surface area contributed by atoms with E-state index in [-0.39, 0.29) is 17.9 Å². The van der Waals surface area contributed by atoms with Gasteiger partial charge >= 0.3 is 5.97 Å². The Balaban J connectivity index is 1.70. The van der Waals surface area contributed by atoms with Gasteiger partial charge in [0.2, 0.25) is 0 Å². The molecule has 27 heavy (non-hydrogen) atoms. The summed E-state index contributed by atoms with van der Waals surface area (Å²) in [5.41, 5.74) is 3.65. The maximum atomic E-state index is 11.7. The Hall–Kier alpha value is -2.97. The van der Waals surface area contributed by atoms with Crippen LogP contribution in [0.25, 0.3) is 11.1 Å². The van der Waals surface area contributed by atoms with Crippen molar-refractivity contribution in [3.63, 3.8) is 0 Å². The number of ether oxygens (including phenoxy) is 1. The molecule has 2 aromatic carbocycles. The summed E-state index contributed by atoms with van der Waals surface area (Å²) in [6.07, 6.45) is 2.26. The zero-order valence-electron chi connectivity index (χ0n) is 15.3. The molecule has 2 atom stereocenters. The first-order chi connectivity index (χ1) is 13.1. The molecule has 2 unspecified atom stereocenters. The predicted octanol–water partition coefficient (Wildman–Crippen LogP) is 3.35. The van der Waals surface area contributed by atoms with Crippen molar-refractivity contribution in [2.75, 3.05) is 20.2 Å². The van der Waals surface area contributed by atoms with Gasteiger partial charge in [0.05, 0.1) is 24.8 Å². The second-order valence-corrected chi connectivity index (χ2v) is 6.82. The SMILES string of the molecule is COC(=O)CC1CCN(C(C=O)c2ccc(-c3ccc(C#N)cc3)cc2)C1. The first-order valence-corrected chi connectivity index (χ1v) is 9.01. The lowest BCUT2D eigenvalue weighted by Crippen LogP contribution is -2.28. The van der Waals surface area contributed by atoms with Gasteiger partial charge in [0, 0.05) is 13.0 Å². The molecular formula is C22H22N2O3. The van der Waals surface area contributed by atoms with Crippen molar-refractivity contribution in [1.29, 1.82) is 5.26 Å². The normalized spacial score (nSPS) is 17.9. The van der Waals surface area contributed by atoms with Crippen molar-refractivity contribution in [2.24, 2.45) is 5.92 Å². The molecule has 0 saturated carbocycles. The molecule has 0 aliphatic carbocycles. The molecule has 1 aliphatic heterocycles. The summed E-state index contributed by atoms with van der Waals surface area (Å²) < 4.78 is 4.74. The number of hydrogen-bond donors (Lipinski definition) is 0. The van der Waals surface area contributed by atoms with Crippen LogP contribution in [0.5, 0.6) is 0 Å². The Kier molecular flexibility index (Phi) is 6.00. The van der Waals surface area contributed by atoms with Crippen molar-refractivity contribution in [1.82, 2.24) is 4.90 Å². The number of nitriles is 1. The van der Waals surface area contributed by atoms with Crippen LogP contribution < -0.4 is 0 Å². The number of benzene rings is 2. The molecule has 2 aromatic rings. The number of rotatable bonds is 6. The van der Waals surface area contributed by atoms with Gasteiger partial charge in [-0.25, -0.2) is 0 Å². The van der Waals surface area contributed by atoms with Gasteiger partial charge in [-0.1, -0.05) is 36.4 Å². The van der Waals surface area contributed by atoms with Crippen molar-refractivity contribution in [3.8, 4) is 17.2 Å². The van der Waals surface area contributed by atoms with Crippen LogP contribution in [0.3, 0.4) is 0 Å². The van der Waals surface area contributed by atoms with Crippen molar-refractivity contribution in [2.45, 2.75) is 18.9 Å². The van der Waals surface area contributed by atoms with Crippen LogP contribution in [0.4, 0.5) is 0 Å². The van der Waals surface area contributed by atoms with E-state index >= 15 is 0 Å². The number of likely N-dealkylation sites (tertiary alicyclic amines) is 1. The van der Waals surface area contributed by atoms with E-state index in [0.717, 1.165) is 42.5 Å². The average molecular weight is 362 g/mol. The van der Waals surface area contributed by atoms with E-state index in [2.05, 4.69) is 11.0 Å². The van der Waals surface area contributed by atoms with Gasteiger partial charge in [-0.3, -0.25) is 9.69 Å². The van der Waals surface area contributed by atoms with E-state index in [4.69, 9.17) is 10.00 Å². The first-order valence-electron chi connectivity index (χ1n) is 9.01.